The smallest absolute Gasteiger partial charge is 0.306 e. The summed E-state index contributed by atoms with van der Waals surface area (Å²) in [5, 5.41) is 14.7. The van der Waals surface area contributed by atoms with Gasteiger partial charge in [-0.3, -0.25) is 4.79 Å². The predicted octanol–water partition coefficient (Wildman–Crippen LogP) is 3.86. The van der Waals surface area contributed by atoms with Crippen LogP contribution in [-0.2, 0) is 22.6 Å². The number of hydrogen-bond donors (Lipinski definition) is 0. The van der Waals surface area contributed by atoms with E-state index < -0.39 is 0 Å². The first-order chi connectivity index (χ1) is 14.4. The third-order valence-corrected chi connectivity index (χ3v) is 5.35. The molecule has 2 heterocycles. The van der Waals surface area contributed by atoms with E-state index in [-0.39, 0.29) is 19.0 Å². The first-order valence-corrected chi connectivity index (χ1v) is 10.7. The number of carbonyl (C=O) groups is 1. The lowest BCUT2D eigenvalue weighted by Gasteiger charge is -2.11. The molecular weight excluding hydrogens is 398 g/mol. The molecule has 3 rings (SSSR count). The van der Waals surface area contributed by atoms with Gasteiger partial charge in [0.25, 0.3) is 0 Å². The quantitative estimate of drug-likeness (QED) is 0.325. The van der Waals surface area contributed by atoms with Crippen molar-refractivity contribution < 1.29 is 9.53 Å². The van der Waals surface area contributed by atoms with Gasteiger partial charge in [-0.2, -0.15) is 10.4 Å². The summed E-state index contributed by atoms with van der Waals surface area (Å²) in [5.74, 6) is -0.343. The molecule has 8 heteroatoms. The number of para-hydroxylation sites is 1. The largest absolute Gasteiger partial charge is 0.459 e. The molecule has 0 amide bonds. The van der Waals surface area contributed by atoms with E-state index >= 15 is 0 Å². The number of nitriles is 1. The fourth-order valence-electron chi connectivity index (χ4n) is 3.25. The molecule has 1 aromatic carbocycles. The molecule has 0 atom stereocenters. The second-order valence-corrected chi connectivity index (χ2v) is 7.56. The van der Waals surface area contributed by atoms with E-state index in [1.807, 2.05) is 50.4 Å². The van der Waals surface area contributed by atoms with Gasteiger partial charge in [0.1, 0.15) is 18.2 Å². The number of benzene rings is 1. The van der Waals surface area contributed by atoms with Crippen LogP contribution < -0.4 is 0 Å². The van der Waals surface area contributed by atoms with E-state index in [0.29, 0.717) is 23.4 Å². The Morgan fingerprint density at radius 2 is 1.80 bits per heavy atom. The number of thioether (sulfide) groups is 1. The maximum Gasteiger partial charge on any atom is 0.306 e. The van der Waals surface area contributed by atoms with Crippen LogP contribution in [0, 0.1) is 32.1 Å². The summed E-state index contributed by atoms with van der Waals surface area (Å²) in [5.41, 5.74) is 5.13. The molecule has 3 aromatic rings. The van der Waals surface area contributed by atoms with Crippen LogP contribution in [0.25, 0.3) is 5.69 Å². The van der Waals surface area contributed by atoms with Gasteiger partial charge in [0.05, 0.1) is 17.1 Å². The predicted molar refractivity (Wildman–Crippen MR) is 114 cm³/mol. The summed E-state index contributed by atoms with van der Waals surface area (Å²) in [7, 11) is 0. The van der Waals surface area contributed by atoms with Crippen molar-refractivity contribution in [3.05, 3.63) is 64.2 Å². The van der Waals surface area contributed by atoms with Gasteiger partial charge in [0.15, 0.2) is 5.16 Å². The molecule has 0 radical (unpaired) electrons. The van der Waals surface area contributed by atoms with Gasteiger partial charge in [0, 0.05) is 17.8 Å². The Hall–Kier alpha value is -3.18. The summed E-state index contributed by atoms with van der Waals surface area (Å²) >= 11 is 1.49. The SMILES string of the molecule is CSc1nc(C)c(CCC(=O)OCc2c(C#N)c(C)nn2-c2ccccc2)c(C)n1. The molecule has 7 nitrogen and oxygen atoms in total. The molecule has 0 aliphatic carbocycles. The molecule has 0 bridgehead atoms. The lowest BCUT2D eigenvalue weighted by atomic mass is 10.1. The number of rotatable bonds is 7. The molecule has 0 saturated heterocycles. The molecule has 0 saturated carbocycles. The van der Waals surface area contributed by atoms with E-state index in [4.69, 9.17) is 4.74 Å². The molecule has 0 aliphatic rings. The summed E-state index contributed by atoms with van der Waals surface area (Å²) in [6, 6.07) is 11.6. The number of aromatic nitrogens is 4. The van der Waals surface area contributed by atoms with Crippen LogP contribution in [0.1, 0.15) is 40.3 Å². The van der Waals surface area contributed by atoms with Gasteiger partial charge in [0.2, 0.25) is 0 Å². The van der Waals surface area contributed by atoms with Crippen LogP contribution in [-0.4, -0.2) is 32.0 Å². The highest BCUT2D eigenvalue weighted by Crippen LogP contribution is 2.20. The van der Waals surface area contributed by atoms with Gasteiger partial charge < -0.3 is 4.74 Å². The standard InChI is InChI=1S/C22H23N5O2S/c1-14-18(15(2)25-22(24-14)30-4)10-11-21(28)29-13-20-19(12-23)16(3)26-27(20)17-8-6-5-7-9-17/h5-9H,10-11,13H2,1-4H3. The van der Waals surface area contributed by atoms with Crippen molar-refractivity contribution in [3.63, 3.8) is 0 Å². The highest BCUT2D eigenvalue weighted by atomic mass is 32.2. The Kier molecular flexibility index (Phi) is 6.85. The molecule has 0 unspecified atom stereocenters. The molecule has 0 N–H and O–H groups in total. The van der Waals surface area contributed by atoms with Gasteiger partial charge >= 0.3 is 5.97 Å². The van der Waals surface area contributed by atoms with E-state index in [0.717, 1.165) is 27.8 Å². The fraction of sp³-hybridized carbons (Fsp3) is 0.318. The average Bonchev–Trinajstić information content (AvgIpc) is 3.07. The Balaban J connectivity index is 1.71. The number of carbonyl (C=O) groups excluding carboxylic acids is 1. The first kappa shape index (κ1) is 21.5. The second kappa shape index (κ2) is 9.55. The van der Waals surface area contributed by atoms with Gasteiger partial charge in [-0.1, -0.05) is 30.0 Å². The average molecular weight is 422 g/mol. The van der Waals surface area contributed by atoms with Crippen molar-refractivity contribution in [1.29, 1.82) is 5.26 Å². The molecule has 0 aliphatic heterocycles. The van der Waals surface area contributed by atoms with Crippen molar-refractivity contribution in [1.82, 2.24) is 19.7 Å². The van der Waals surface area contributed by atoms with Gasteiger partial charge in [-0.15, -0.1) is 0 Å². The fourth-order valence-corrected chi connectivity index (χ4v) is 3.70. The van der Waals surface area contributed by atoms with Crippen LogP contribution >= 0.6 is 11.8 Å². The highest BCUT2D eigenvalue weighted by molar-refractivity contribution is 7.98. The molecule has 0 spiro atoms. The minimum Gasteiger partial charge on any atom is -0.459 e. The van der Waals surface area contributed by atoms with Crippen LogP contribution in [0.4, 0.5) is 0 Å². The van der Waals surface area contributed by atoms with E-state index in [1.54, 1.807) is 11.6 Å². The van der Waals surface area contributed by atoms with E-state index in [1.165, 1.54) is 11.8 Å². The summed E-state index contributed by atoms with van der Waals surface area (Å²) < 4.78 is 7.15. The van der Waals surface area contributed by atoms with E-state index in [2.05, 4.69) is 21.1 Å². The Labute approximate surface area is 180 Å². The van der Waals surface area contributed by atoms with Crippen LogP contribution in [0.15, 0.2) is 35.5 Å². The maximum atomic E-state index is 12.4. The van der Waals surface area contributed by atoms with Crippen LogP contribution in [0.3, 0.4) is 0 Å². The first-order valence-electron chi connectivity index (χ1n) is 9.52. The Morgan fingerprint density at radius 3 is 2.40 bits per heavy atom. The Morgan fingerprint density at radius 1 is 1.13 bits per heavy atom. The van der Waals surface area contributed by atoms with Gasteiger partial charge in [-0.05, 0) is 51.1 Å². The minimum absolute atomic E-state index is 0.0165. The molecule has 2 aromatic heterocycles. The third kappa shape index (κ3) is 4.69. The van der Waals surface area contributed by atoms with Crippen molar-refractivity contribution >= 4 is 17.7 Å². The van der Waals surface area contributed by atoms with Crippen molar-refractivity contribution in [2.45, 2.75) is 45.4 Å². The van der Waals surface area contributed by atoms with Crippen molar-refractivity contribution in [3.8, 4) is 11.8 Å². The molecule has 30 heavy (non-hydrogen) atoms. The molecular formula is C22H23N5O2S. The molecule has 0 fully saturated rings. The zero-order valence-corrected chi connectivity index (χ0v) is 18.3. The maximum absolute atomic E-state index is 12.4. The van der Waals surface area contributed by atoms with Crippen LogP contribution in [0.2, 0.25) is 0 Å². The zero-order valence-electron chi connectivity index (χ0n) is 17.5. The topological polar surface area (TPSA) is 93.7 Å². The monoisotopic (exact) mass is 421 g/mol. The zero-order chi connectivity index (χ0) is 21.7. The summed E-state index contributed by atoms with van der Waals surface area (Å²) in [6.45, 7) is 5.61. The van der Waals surface area contributed by atoms with Crippen molar-refractivity contribution in [2.24, 2.45) is 0 Å². The highest BCUT2D eigenvalue weighted by Gasteiger charge is 2.18. The number of ether oxygens (including phenoxy) is 1. The summed E-state index contributed by atoms with van der Waals surface area (Å²) in [4.78, 5) is 21.3. The third-order valence-electron chi connectivity index (χ3n) is 4.80. The van der Waals surface area contributed by atoms with Crippen molar-refractivity contribution in [2.75, 3.05) is 6.26 Å². The lowest BCUT2D eigenvalue weighted by molar-refractivity contribution is -0.145. The minimum atomic E-state index is -0.343. The normalized spacial score (nSPS) is 10.6. The Bertz CT molecular complexity index is 1080. The second-order valence-electron chi connectivity index (χ2n) is 6.79. The number of hydrogen-bond acceptors (Lipinski definition) is 7. The lowest BCUT2D eigenvalue weighted by Crippen LogP contribution is -2.11. The number of nitrogens with zero attached hydrogens (tertiary/aromatic N) is 5. The summed E-state index contributed by atoms with van der Waals surface area (Å²) in [6.07, 6.45) is 2.65. The van der Waals surface area contributed by atoms with Crippen LogP contribution in [0.5, 0.6) is 0 Å². The number of aryl methyl sites for hydroxylation is 3. The van der Waals surface area contributed by atoms with E-state index in [9.17, 15) is 10.1 Å². The number of esters is 1. The van der Waals surface area contributed by atoms with Gasteiger partial charge in [-0.25, -0.2) is 14.6 Å². The molecule has 154 valence electrons.